The number of hydrogen-bond acceptors (Lipinski definition) is 4. The number of anilines is 1. The lowest BCUT2D eigenvalue weighted by Crippen LogP contribution is -2.56. The number of carbonyl (C=O) groups excluding carboxylic acids is 1. The molecule has 1 amide bonds. The van der Waals surface area contributed by atoms with Crippen LogP contribution in [0.25, 0.3) is 11.1 Å². The molecule has 2 aliphatic rings. The van der Waals surface area contributed by atoms with E-state index in [2.05, 4.69) is 17.0 Å². The van der Waals surface area contributed by atoms with Gasteiger partial charge in [0.1, 0.15) is 0 Å². The van der Waals surface area contributed by atoms with Crippen LogP contribution < -0.4 is 4.90 Å². The standard InChI is InChI=1S/C25H26N4O/c1-17-14-18(2)27-25(26-17)29-20-12-13-21(29)16-28(15-20)24(30)23-11-7-6-10-22(23)19-8-4-3-5-9-19/h3-11,14,20-21H,12-13,15-16H2,1-2H3. The van der Waals surface area contributed by atoms with Gasteiger partial charge in [0.15, 0.2) is 0 Å². The van der Waals surface area contributed by atoms with Crippen LogP contribution in [0.3, 0.4) is 0 Å². The van der Waals surface area contributed by atoms with Gasteiger partial charge in [-0.3, -0.25) is 4.79 Å². The minimum Gasteiger partial charge on any atom is -0.334 e. The molecule has 1 aromatic heterocycles. The molecule has 3 heterocycles. The number of aryl methyl sites for hydroxylation is 2. The monoisotopic (exact) mass is 398 g/mol. The summed E-state index contributed by atoms with van der Waals surface area (Å²) in [6, 6.07) is 20.6. The van der Waals surface area contributed by atoms with Gasteiger partial charge >= 0.3 is 0 Å². The quantitative estimate of drug-likeness (QED) is 0.662. The highest BCUT2D eigenvalue weighted by Gasteiger charge is 2.43. The van der Waals surface area contributed by atoms with Gasteiger partial charge in [-0.1, -0.05) is 48.5 Å². The molecular weight excluding hydrogens is 372 g/mol. The molecule has 0 radical (unpaired) electrons. The third kappa shape index (κ3) is 3.34. The first-order valence-corrected chi connectivity index (χ1v) is 10.6. The number of carbonyl (C=O) groups is 1. The Balaban J connectivity index is 1.42. The van der Waals surface area contributed by atoms with Crippen LogP contribution in [0, 0.1) is 13.8 Å². The van der Waals surface area contributed by atoms with Gasteiger partial charge in [-0.05, 0) is 49.9 Å². The zero-order valence-electron chi connectivity index (χ0n) is 17.5. The van der Waals surface area contributed by atoms with Crippen LogP contribution in [0.15, 0.2) is 60.7 Å². The van der Waals surface area contributed by atoms with E-state index in [9.17, 15) is 4.79 Å². The van der Waals surface area contributed by atoms with E-state index in [1.807, 2.05) is 67.3 Å². The van der Waals surface area contributed by atoms with E-state index in [-0.39, 0.29) is 18.0 Å². The predicted molar refractivity (Wildman–Crippen MR) is 119 cm³/mol. The van der Waals surface area contributed by atoms with Gasteiger partial charge < -0.3 is 9.80 Å². The minimum atomic E-state index is 0.118. The number of hydrogen-bond donors (Lipinski definition) is 0. The third-order valence-electron chi connectivity index (χ3n) is 6.21. The van der Waals surface area contributed by atoms with E-state index in [0.717, 1.165) is 60.0 Å². The van der Waals surface area contributed by atoms with Crippen molar-refractivity contribution in [3.8, 4) is 11.1 Å². The molecule has 30 heavy (non-hydrogen) atoms. The minimum absolute atomic E-state index is 0.118. The summed E-state index contributed by atoms with van der Waals surface area (Å²) in [6.45, 7) is 5.46. The fourth-order valence-electron chi connectivity index (χ4n) is 4.93. The fourth-order valence-corrected chi connectivity index (χ4v) is 4.93. The zero-order valence-corrected chi connectivity index (χ0v) is 17.5. The molecule has 0 aliphatic carbocycles. The van der Waals surface area contributed by atoms with E-state index in [0.29, 0.717) is 0 Å². The average Bonchev–Trinajstić information content (AvgIpc) is 3.02. The smallest absolute Gasteiger partial charge is 0.254 e. The van der Waals surface area contributed by atoms with Crippen LogP contribution in [0.2, 0.25) is 0 Å². The summed E-state index contributed by atoms with van der Waals surface area (Å²) in [4.78, 5) is 27.3. The number of aromatic nitrogens is 2. The molecule has 0 N–H and O–H groups in total. The van der Waals surface area contributed by atoms with Crippen molar-refractivity contribution in [2.24, 2.45) is 0 Å². The van der Waals surface area contributed by atoms with Crippen molar-refractivity contribution in [2.45, 2.75) is 38.8 Å². The average molecular weight is 399 g/mol. The topological polar surface area (TPSA) is 49.3 Å². The van der Waals surface area contributed by atoms with Crippen LogP contribution in [-0.2, 0) is 0 Å². The van der Waals surface area contributed by atoms with Crippen molar-refractivity contribution in [1.29, 1.82) is 0 Å². The Kier molecular flexibility index (Phi) is 4.74. The van der Waals surface area contributed by atoms with Crippen molar-refractivity contribution < 1.29 is 4.79 Å². The summed E-state index contributed by atoms with van der Waals surface area (Å²) < 4.78 is 0. The molecular formula is C25H26N4O. The molecule has 2 atom stereocenters. The maximum Gasteiger partial charge on any atom is 0.254 e. The molecule has 152 valence electrons. The number of rotatable bonds is 3. The Morgan fingerprint density at radius 1 is 0.867 bits per heavy atom. The molecule has 2 fully saturated rings. The van der Waals surface area contributed by atoms with Gasteiger partial charge in [0.05, 0.1) is 0 Å². The fraction of sp³-hybridized carbons (Fsp3) is 0.320. The second-order valence-corrected chi connectivity index (χ2v) is 8.36. The van der Waals surface area contributed by atoms with Crippen LogP contribution >= 0.6 is 0 Å². The lowest BCUT2D eigenvalue weighted by atomic mass is 9.98. The summed E-state index contributed by atoms with van der Waals surface area (Å²) in [5, 5.41) is 0. The number of likely N-dealkylation sites (tertiary alicyclic amines) is 1. The van der Waals surface area contributed by atoms with Crippen molar-refractivity contribution in [2.75, 3.05) is 18.0 Å². The van der Waals surface area contributed by atoms with E-state index < -0.39 is 0 Å². The molecule has 2 saturated heterocycles. The van der Waals surface area contributed by atoms with Crippen LogP contribution in [0.4, 0.5) is 5.95 Å². The first-order valence-electron chi connectivity index (χ1n) is 10.6. The maximum atomic E-state index is 13.5. The van der Waals surface area contributed by atoms with Crippen LogP contribution in [0.1, 0.15) is 34.6 Å². The maximum absolute atomic E-state index is 13.5. The molecule has 0 saturated carbocycles. The first-order chi connectivity index (χ1) is 14.6. The van der Waals surface area contributed by atoms with Gasteiger partial charge in [-0.2, -0.15) is 0 Å². The Morgan fingerprint density at radius 2 is 1.47 bits per heavy atom. The summed E-state index contributed by atoms with van der Waals surface area (Å²) in [5.41, 5.74) is 4.83. The highest BCUT2D eigenvalue weighted by molar-refractivity contribution is 6.01. The van der Waals surface area contributed by atoms with Crippen LogP contribution in [0.5, 0.6) is 0 Å². The summed E-state index contributed by atoms with van der Waals surface area (Å²) in [5.74, 6) is 0.934. The Bertz CT molecular complexity index is 1050. The van der Waals surface area contributed by atoms with Gasteiger partial charge in [0.2, 0.25) is 5.95 Å². The van der Waals surface area contributed by atoms with E-state index in [4.69, 9.17) is 9.97 Å². The Morgan fingerprint density at radius 3 is 2.13 bits per heavy atom. The molecule has 5 nitrogen and oxygen atoms in total. The first kappa shape index (κ1) is 18.8. The number of piperazine rings is 1. The molecule has 3 aromatic rings. The second kappa shape index (κ2) is 7.56. The zero-order chi connectivity index (χ0) is 20.7. The molecule has 5 rings (SSSR count). The largest absolute Gasteiger partial charge is 0.334 e. The number of fused-ring (bicyclic) bond motifs is 2. The molecule has 2 bridgehead atoms. The third-order valence-corrected chi connectivity index (χ3v) is 6.21. The summed E-state index contributed by atoms with van der Waals surface area (Å²) in [7, 11) is 0. The van der Waals surface area contributed by atoms with Crippen LogP contribution in [-0.4, -0.2) is 45.9 Å². The van der Waals surface area contributed by atoms with Crippen molar-refractivity contribution in [1.82, 2.24) is 14.9 Å². The van der Waals surface area contributed by atoms with E-state index in [1.165, 1.54) is 0 Å². The number of amides is 1. The van der Waals surface area contributed by atoms with Gasteiger partial charge in [-0.15, -0.1) is 0 Å². The lowest BCUT2D eigenvalue weighted by Gasteiger charge is -2.41. The number of benzene rings is 2. The van der Waals surface area contributed by atoms with Crippen molar-refractivity contribution in [3.05, 3.63) is 77.6 Å². The number of nitrogens with zero attached hydrogens (tertiary/aromatic N) is 4. The van der Waals surface area contributed by atoms with E-state index >= 15 is 0 Å². The van der Waals surface area contributed by atoms with Gasteiger partial charge in [0.25, 0.3) is 5.91 Å². The highest BCUT2D eigenvalue weighted by Crippen LogP contribution is 2.34. The van der Waals surface area contributed by atoms with E-state index in [1.54, 1.807) is 0 Å². The van der Waals surface area contributed by atoms with Crippen molar-refractivity contribution in [3.63, 3.8) is 0 Å². The molecule has 5 heteroatoms. The predicted octanol–water partition coefficient (Wildman–Crippen LogP) is 4.25. The Hall–Kier alpha value is -3.21. The highest BCUT2D eigenvalue weighted by atomic mass is 16.2. The molecule has 2 aromatic carbocycles. The SMILES string of the molecule is Cc1cc(C)nc(N2C3CCC2CN(C(=O)c2ccccc2-c2ccccc2)C3)n1. The lowest BCUT2D eigenvalue weighted by molar-refractivity contribution is 0.0717. The Labute approximate surface area is 177 Å². The molecule has 0 spiro atoms. The normalized spacial score (nSPS) is 20.5. The molecule has 2 aliphatic heterocycles. The van der Waals surface area contributed by atoms with Gasteiger partial charge in [0, 0.05) is 42.1 Å². The van der Waals surface area contributed by atoms with Gasteiger partial charge in [-0.25, -0.2) is 9.97 Å². The second-order valence-electron chi connectivity index (χ2n) is 8.36. The summed E-state index contributed by atoms with van der Waals surface area (Å²) >= 11 is 0. The summed E-state index contributed by atoms with van der Waals surface area (Å²) in [6.07, 6.45) is 2.15. The molecule has 2 unspecified atom stereocenters. The van der Waals surface area contributed by atoms with Crippen molar-refractivity contribution >= 4 is 11.9 Å².